The van der Waals surface area contributed by atoms with E-state index in [1.54, 1.807) is 0 Å². The Morgan fingerprint density at radius 1 is 0.696 bits per heavy atom. The molecule has 1 aromatic carbocycles. The standard InChI is InChI=1S/C28H32F17NO9Si/c1-15(55-20(47)9-6-7-12-56(51-3,52-4)53-5)16-13-19(18(50-2)14-17(16)46(48)49)54-11-8-10-21(29,30)22(31,32)23(33,34)24(35,36)25(37,38)26(39,40)27(41,42)28(43,44)45/h13-15H,6-12H2,1-5H3. The van der Waals surface area contributed by atoms with Gasteiger partial charge < -0.3 is 27.5 Å². The summed E-state index contributed by atoms with van der Waals surface area (Å²) >= 11 is 0. The average molecular weight is 878 g/mol. The predicted octanol–water partition coefficient (Wildman–Crippen LogP) is 9.42. The van der Waals surface area contributed by atoms with Gasteiger partial charge in [0.25, 0.3) is 5.69 Å². The Labute approximate surface area is 306 Å². The van der Waals surface area contributed by atoms with Crippen molar-refractivity contribution in [1.82, 2.24) is 0 Å². The molecule has 10 nitrogen and oxygen atoms in total. The molecule has 0 bridgehead atoms. The van der Waals surface area contributed by atoms with Crippen LogP contribution in [0, 0.1) is 10.1 Å². The second-order valence-corrected chi connectivity index (χ2v) is 14.6. The van der Waals surface area contributed by atoms with E-state index < -0.39 is 116 Å². The molecular weight excluding hydrogens is 845 g/mol. The first-order valence-corrected chi connectivity index (χ1v) is 17.2. The van der Waals surface area contributed by atoms with Crippen molar-refractivity contribution in [3.05, 3.63) is 27.8 Å². The summed E-state index contributed by atoms with van der Waals surface area (Å²) in [5.74, 6) is -59.4. The highest BCUT2D eigenvalue weighted by atomic mass is 28.4. The van der Waals surface area contributed by atoms with Gasteiger partial charge in [-0.25, -0.2) is 0 Å². The van der Waals surface area contributed by atoms with Crippen molar-refractivity contribution in [1.29, 1.82) is 0 Å². The lowest BCUT2D eigenvalue weighted by Crippen LogP contribution is -2.74. The number of benzene rings is 1. The van der Waals surface area contributed by atoms with E-state index in [1.165, 1.54) is 21.3 Å². The zero-order valence-corrected chi connectivity index (χ0v) is 30.2. The zero-order chi connectivity index (χ0) is 44.1. The van der Waals surface area contributed by atoms with Crippen LogP contribution in [-0.4, -0.2) is 102 Å². The largest absolute Gasteiger partial charge is 0.500 e. The number of nitro benzene ring substituents is 1. The Bertz CT molecular complexity index is 1500. The van der Waals surface area contributed by atoms with Crippen molar-refractivity contribution in [3.63, 3.8) is 0 Å². The van der Waals surface area contributed by atoms with Crippen LogP contribution >= 0.6 is 0 Å². The van der Waals surface area contributed by atoms with Gasteiger partial charge in [0.15, 0.2) is 11.5 Å². The van der Waals surface area contributed by atoms with Crippen LogP contribution in [0.2, 0.25) is 6.04 Å². The number of rotatable bonds is 23. The fourth-order valence-corrected chi connectivity index (χ4v) is 6.43. The smallest absolute Gasteiger partial charge is 0.493 e. The van der Waals surface area contributed by atoms with Crippen LogP contribution in [0.25, 0.3) is 0 Å². The topological polar surface area (TPSA) is 116 Å². The van der Waals surface area contributed by atoms with E-state index in [9.17, 15) is 89.5 Å². The lowest BCUT2D eigenvalue weighted by Gasteiger charge is -2.42. The van der Waals surface area contributed by atoms with Crippen LogP contribution in [0.4, 0.5) is 80.3 Å². The molecule has 1 atom stereocenters. The number of methoxy groups -OCH3 is 1. The molecule has 0 radical (unpaired) electrons. The molecule has 1 aromatic rings. The molecule has 0 aliphatic rings. The van der Waals surface area contributed by atoms with Crippen molar-refractivity contribution in [2.24, 2.45) is 0 Å². The molecule has 0 heterocycles. The number of unbranched alkanes of at least 4 members (excludes halogenated alkanes) is 1. The summed E-state index contributed by atoms with van der Waals surface area (Å²) < 4.78 is 261. The Hall–Kier alpha value is -3.40. The van der Waals surface area contributed by atoms with E-state index in [0.29, 0.717) is 12.5 Å². The van der Waals surface area contributed by atoms with Gasteiger partial charge in [0.1, 0.15) is 6.10 Å². The number of hydrogen-bond acceptors (Lipinski definition) is 9. The number of nitrogens with zero attached hydrogens (tertiary/aromatic N) is 1. The molecule has 0 saturated carbocycles. The summed E-state index contributed by atoms with van der Waals surface area (Å²) in [6, 6.07) is 1.65. The molecule has 56 heavy (non-hydrogen) atoms. The van der Waals surface area contributed by atoms with Gasteiger partial charge in [-0.2, -0.15) is 74.6 Å². The minimum atomic E-state index is -8.74. The molecule has 28 heteroatoms. The van der Waals surface area contributed by atoms with Gasteiger partial charge in [-0.1, -0.05) is 0 Å². The minimum absolute atomic E-state index is 0.186. The maximum atomic E-state index is 14.3. The van der Waals surface area contributed by atoms with E-state index >= 15 is 0 Å². The second-order valence-electron chi connectivity index (χ2n) is 11.6. The summed E-state index contributed by atoms with van der Waals surface area (Å²) in [4.78, 5) is 23.1. The molecule has 0 N–H and O–H groups in total. The highest BCUT2D eigenvalue weighted by molar-refractivity contribution is 6.60. The van der Waals surface area contributed by atoms with Crippen molar-refractivity contribution in [3.8, 4) is 11.5 Å². The molecule has 0 amide bonds. The van der Waals surface area contributed by atoms with Gasteiger partial charge in [0.05, 0.1) is 30.3 Å². The summed E-state index contributed by atoms with van der Waals surface area (Å²) in [6.07, 6.45) is -13.5. The lowest BCUT2D eigenvalue weighted by molar-refractivity contribution is -0.461. The van der Waals surface area contributed by atoms with Crippen molar-refractivity contribution < 1.29 is 112 Å². The molecule has 0 aliphatic heterocycles. The molecule has 326 valence electrons. The van der Waals surface area contributed by atoms with Gasteiger partial charge in [0.2, 0.25) is 0 Å². The third-order valence-electron chi connectivity index (χ3n) is 7.98. The van der Waals surface area contributed by atoms with Crippen LogP contribution in [0.1, 0.15) is 50.7 Å². The van der Waals surface area contributed by atoms with Crippen LogP contribution in [-0.2, 0) is 22.8 Å². The molecule has 0 spiro atoms. The van der Waals surface area contributed by atoms with Crippen LogP contribution in [0.3, 0.4) is 0 Å². The van der Waals surface area contributed by atoms with E-state index in [0.717, 1.165) is 20.1 Å². The van der Waals surface area contributed by atoms with Gasteiger partial charge in [-0.15, -0.1) is 0 Å². The van der Waals surface area contributed by atoms with Gasteiger partial charge >= 0.3 is 62.4 Å². The summed E-state index contributed by atoms with van der Waals surface area (Å²) in [5, 5.41) is 11.7. The molecular formula is C28H32F17NO9Si. The van der Waals surface area contributed by atoms with Gasteiger partial charge in [-0.05, 0) is 32.3 Å². The Balaban J connectivity index is 3.24. The fourth-order valence-electron chi connectivity index (χ4n) is 4.64. The third kappa shape index (κ3) is 9.48. The first kappa shape index (κ1) is 50.6. The van der Waals surface area contributed by atoms with Crippen molar-refractivity contribution in [2.45, 2.75) is 98.8 Å². The van der Waals surface area contributed by atoms with Crippen LogP contribution < -0.4 is 9.47 Å². The number of carbonyl (C=O) groups excluding carboxylic acids is 1. The van der Waals surface area contributed by atoms with Crippen molar-refractivity contribution in [2.75, 3.05) is 35.0 Å². The van der Waals surface area contributed by atoms with Gasteiger partial charge in [0, 0.05) is 40.2 Å². The van der Waals surface area contributed by atoms with E-state index in [2.05, 4.69) is 0 Å². The maximum absolute atomic E-state index is 14.3. The highest BCUT2D eigenvalue weighted by Crippen LogP contribution is 2.64. The summed E-state index contributed by atoms with van der Waals surface area (Å²) in [6.45, 7) is -0.228. The number of halogens is 17. The van der Waals surface area contributed by atoms with Crippen molar-refractivity contribution >= 4 is 20.5 Å². The number of ether oxygens (including phenoxy) is 3. The monoisotopic (exact) mass is 877 g/mol. The maximum Gasteiger partial charge on any atom is 0.500 e. The minimum Gasteiger partial charge on any atom is -0.493 e. The molecule has 0 fully saturated rings. The zero-order valence-electron chi connectivity index (χ0n) is 29.2. The summed E-state index contributed by atoms with van der Waals surface area (Å²) in [5.41, 5.74) is -1.26. The molecule has 1 unspecified atom stereocenters. The number of hydrogen-bond donors (Lipinski definition) is 0. The fraction of sp³-hybridized carbons (Fsp3) is 0.750. The average Bonchev–Trinajstić information content (AvgIpc) is 3.09. The Morgan fingerprint density at radius 3 is 1.59 bits per heavy atom. The number of esters is 1. The van der Waals surface area contributed by atoms with Gasteiger partial charge in [-0.3, -0.25) is 14.9 Å². The number of carbonyl (C=O) groups is 1. The first-order chi connectivity index (χ1) is 25.2. The first-order valence-electron chi connectivity index (χ1n) is 15.2. The van der Waals surface area contributed by atoms with Crippen LogP contribution in [0.5, 0.6) is 11.5 Å². The highest BCUT2D eigenvalue weighted by Gasteiger charge is 2.95. The normalized spacial score (nSPS) is 14.8. The lowest BCUT2D eigenvalue weighted by atomic mass is 9.88. The predicted molar refractivity (Wildman–Crippen MR) is 155 cm³/mol. The Kier molecular flexibility index (Phi) is 15.9. The van der Waals surface area contributed by atoms with E-state index in [4.69, 9.17) is 27.5 Å². The molecule has 0 aliphatic carbocycles. The number of nitro groups is 1. The van der Waals surface area contributed by atoms with E-state index in [-0.39, 0.29) is 18.9 Å². The second kappa shape index (κ2) is 17.6. The molecule has 1 rings (SSSR count). The quantitative estimate of drug-likeness (QED) is 0.0265. The van der Waals surface area contributed by atoms with Crippen LogP contribution in [0.15, 0.2) is 12.1 Å². The molecule has 0 aromatic heterocycles. The third-order valence-corrected chi connectivity index (χ3v) is 10.8. The molecule has 0 saturated heterocycles. The van der Waals surface area contributed by atoms with E-state index in [1.807, 2.05) is 0 Å². The Morgan fingerprint density at radius 2 is 1.16 bits per heavy atom. The number of alkyl halides is 17. The SMILES string of the molecule is COc1cc([N+](=O)[O-])c(C(C)OC(=O)CCCC[Si](OC)(OC)OC)cc1OCCCC(F)(F)C(F)(F)C(F)(F)C(F)(F)C(F)(F)C(F)(F)C(F)(F)C(F)(F)F. The summed E-state index contributed by atoms with van der Waals surface area (Å²) in [7, 11) is 1.92.